The minimum atomic E-state index is -4.42. The van der Waals surface area contributed by atoms with E-state index in [9.17, 15) is 18.0 Å². The van der Waals surface area contributed by atoms with Gasteiger partial charge in [-0.2, -0.15) is 18.2 Å². The highest BCUT2D eigenvalue weighted by Gasteiger charge is 2.30. The predicted molar refractivity (Wildman–Crippen MR) is 111 cm³/mol. The van der Waals surface area contributed by atoms with Crippen molar-refractivity contribution >= 4 is 11.6 Å². The molecule has 2 aromatic carbocycles. The van der Waals surface area contributed by atoms with Crippen molar-refractivity contribution in [3.8, 4) is 23.1 Å². The van der Waals surface area contributed by atoms with E-state index in [0.717, 1.165) is 12.1 Å². The Morgan fingerprint density at radius 1 is 1.10 bits per heavy atom. The lowest BCUT2D eigenvalue weighted by atomic mass is 10.1. The number of aromatic nitrogens is 3. The Morgan fingerprint density at radius 3 is 2.29 bits per heavy atom. The molecule has 0 bridgehead atoms. The predicted octanol–water partition coefficient (Wildman–Crippen LogP) is 5.34. The van der Waals surface area contributed by atoms with Crippen LogP contribution >= 0.6 is 0 Å². The second kappa shape index (κ2) is 9.20. The Hall–Kier alpha value is -3.36. The summed E-state index contributed by atoms with van der Waals surface area (Å²) in [4.78, 5) is 16.3. The molecule has 0 aliphatic carbocycles. The Kier molecular flexibility index (Phi) is 6.62. The quantitative estimate of drug-likeness (QED) is 0.547. The molecule has 0 aliphatic rings. The van der Waals surface area contributed by atoms with E-state index in [1.807, 2.05) is 13.8 Å². The number of hydrogen-bond donors (Lipinski definition) is 1. The van der Waals surface area contributed by atoms with Crippen molar-refractivity contribution < 1.29 is 22.7 Å². The summed E-state index contributed by atoms with van der Waals surface area (Å²) in [5.74, 6) is 0.513. The number of benzene rings is 2. The molecule has 1 N–H and O–H groups in total. The molecule has 3 aromatic rings. The molecule has 0 saturated heterocycles. The third-order valence-electron chi connectivity index (χ3n) is 4.32. The minimum absolute atomic E-state index is 0.0763. The van der Waals surface area contributed by atoms with E-state index in [2.05, 4.69) is 15.4 Å². The zero-order chi connectivity index (χ0) is 22.6. The average molecular weight is 432 g/mol. The second-order valence-corrected chi connectivity index (χ2v) is 7.33. The number of carbonyl (C=O) groups excluding carboxylic acids is 1. The topological polar surface area (TPSA) is 69.0 Å². The number of carbonyl (C=O) groups is 1. The molecule has 0 saturated carbocycles. The zero-order valence-electron chi connectivity index (χ0n) is 17.4. The molecule has 1 aromatic heterocycles. The Morgan fingerprint density at radius 2 is 1.74 bits per heavy atom. The van der Waals surface area contributed by atoms with Crippen LogP contribution in [0.15, 0.2) is 48.5 Å². The first-order valence-electron chi connectivity index (χ1n) is 9.85. The number of halogens is 3. The summed E-state index contributed by atoms with van der Waals surface area (Å²) < 4.78 is 45.5. The monoisotopic (exact) mass is 432 g/mol. The third kappa shape index (κ3) is 5.62. The molecule has 0 unspecified atom stereocenters. The van der Waals surface area contributed by atoms with Crippen LogP contribution in [-0.4, -0.2) is 27.3 Å². The summed E-state index contributed by atoms with van der Waals surface area (Å²) in [5.41, 5.74) is 0.973. The van der Waals surface area contributed by atoms with Gasteiger partial charge in [0.2, 0.25) is 5.91 Å². The number of alkyl halides is 3. The number of nitrogens with one attached hydrogen (secondary N) is 1. The van der Waals surface area contributed by atoms with Crippen LogP contribution in [-0.2, 0) is 11.0 Å². The van der Waals surface area contributed by atoms with E-state index in [1.165, 1.54) is 16.8 Å². The molecular weight excluding hydrogens is 409 g/mol. The second-order valence-electron chi connectivity index (χ2n) is 7.33. The fourth-order valence-electron chi connectivity index (χ4n) is 2.93. The summed E-state index contributed by atoms with van der Waals surface area (Å²) in [7, 11) is 0. The molecule has 0 radical (unpaired) electrons. The minimum Gasteiger partial charge on any atom is -0.463 e. The molecular formula is C22H23F3N4O2. The summed E-state index contributed by atoms with van der Waals surface area (Å²) in [6, 6.07) is 11.7. The lowest BCUT2D eigenvalue weighted by Gasteiger charge is -2.10. The molecule has 9 heteroatoms. The third-order valence-corrected chi connectivity index (χ3v) is 4.32. The highest BCUT2D eigenvalue weighted by molar-refractivity contribution is 5.90. The summed E-state index contributed by atoms with van der Waals surface area (Å²) >= 11 is 0. The van der Waals surface area contributed by atoms with Gasteiger partial charge >= 0.3 is 12.2 Å². The first kappa shape index (κ1) is 22.3. The van der Waals surface area contributed by atoms with E-state index < -0.39 is 11.7 Å². The van der Waals surface area contributed by atoms with Crippen molar-refractivity contribution in [2.75, 3.05) is 11.9 Å². The average Bonchev–Trinajstić information content (AvgIpc) is 3.11. The van der Waals surface area contributed by atoms with Crippen molar-refractivity contribution in [3.05, 3.63) is 54.1 Å². The number of rotatable bonds is 7. The van der Waals surface area contributed by atoms with Gasteiger partial charge in [-0.05, 0) is 49.2 Å². The zero-order valence-corrected chi connectivity index (χ0v) is 17.4. The highest BCUT2D eigenvalue weighted by Crippen LogP contribution is 2.31. The van der Waals surface area contributed by atoms with Crippen LogP contribution in [0.2, 0.25) is 0 Å². The summed E-state index contributed by atoms with van der Waals surface area (Å²) in [6.07, 6.45) is -4.00. The smallest absolute Gasteiger partial charge is 0.416 e. The normalized spacial score (nSPS) is 11.6. The molecule has 6 nitrogen and oxygen atoms in total. The molecule has 164 valence electrons. The maximum atomic E-state index is 12.9. The van der Waals surface area contributed by atoms with E-state index >= 15 is 0 Å². The van der Waals surface area contributed by atoms with Gasteiger partial charge in [0.15, 0.2) is 5.82 Å². The largest absolute Gasteiger partial charge is 0.463 e. The SMILES string of the molecule is CCOc1nc(-c2ccc(C(F)(F)F)cc2)n(-c2ccc(NC(=O)CC(C)C)cc2)n1. The van der Waals surface area contributed by atoms with Crippen LogP contribution in [0.25, 0.3) is 17.1 Å². The summed E-state index contributed by atoms with van der Waals surface area (Å²) in [6.45, 7) is 6.06. The molecule has 0 aliphatic heterocycles. The number of hydrogen-bond acceptors (Lipinski definition) is 4. The van der Waals surface area contributed by atoms with E-state index in [-0.39, 0.29) is 17.8 Å². The summed E-state index contributed by atoms with van der Waals surface area (Å²) in [5, 5.41) is 7.15. The lowest BCUT2D eigenvalue weighted by molar-refractivity contribution is -0.137. The van der Waals surface area contributed by atoms with Crippen molar-refractivity contribution in [1.29, 1.82) is 0 Å². The molecule has 3 rings (SSSR count). The van der Waals surface area contributed by atoms with Gasteiger partial charge in [0.05, 0.1) is 17.9 Å². The number of ether oxygens (including phenoxy) is 1. The molecule has 0 atom stereocenters. The first-order valence-corrected chi connectivity index (χ1v) is 9.85. The lowest BCUT2D eigenvalue weighted by Crippen LogP contribution is -2.13. The highest BCUT2D eigenvalue weighted by atomic mass is 19.4. The van der Waals surface area contributed by atoms with Crippen LogP contribution in [0.4, 0.5) is 18.9 Å². The van der Waals surface area contributed by atoms with Crippen LogP contribution in [0.3, 0.4) is 0 Å². The Balaban J connectivity index is 1.91. The van der Waals surface area contributed by atoms with Crippen LogP contribution in [0.1, 0.15) is 32.8 Å². The van der Waals surface area contributed by atoms with Gasteiger partial charge in [-0.25, -0.2) is 4.68 Å². The van der Waals surface area contributed by atoms with Crippen molar-refractivity contribution in [1.82, 2.24) is 14.8 Å². The molecule has 1 amide bonds. The molecule has 31 heavy (non-hydrogen) atoms. The Bertz CT molecular complexity index is 1030. The van der Waals surface area contributed by atoms with Crippen LogP contribution < -0.4 is 10.1 Å². The first-order chi connectivity index (χ1) is 14.7. The number of amides is 1. The van der Waals surface area contributed by atoms with Gasteiger partial charge in [0.1, 0.15) is 0 Å². The van der Waals surface area contributed by atoms with Gasteiger partial charge in [0.25, 0.3) is 0 Å². The molecule has 0 fully saturated rings. The van der Waals surface area contributed by atoms with Gasteiger partial charge in [-0.3, -0.25) is 4.79 Å². The number of anilines is 1. The van der Waals surface area contributed by atoms with E-state index in [4.69, 9.17) is 4.74 Å². The van der Waals surface area contributed by atoms with Gasteiger partial charge in [0, 0.05) is 17.7 Å². The fraction of sp³-hybridized carbons (Fsp3) is 0.318. The van der Waals surface area contributed by atoms with E-state index in [0.29, 0.717) is 35.8 Å². The Labute approximate surface area is 178 Å². The van der Waals surface area contributed by atoms with Crippen LogP contribution in [0.5, 0.6) is 6.01 Å². The fourth-order valence-corrected chi connectivity index (χ4v) is 2.93. The van der Waals surface area contributed by atoms with Crippen LogP contribution in [0, 0.1) is 5.92 Å². The molecule has 0 spiro atoms. The van der Waals surface area contributed by atoms with Crippen molar-refractivity contribution in [2.45, 2.75) is 33.4 Å². The van der Waals surface area contributed by atoms with Gasteiger partial charge in [-0.15, -0.1) is 5.10 Å². The van der Waals surface area contributed by atoms with E-state index in [1.54, 1.807) is 31.2 Å². The standard InChI is InChI=1S/C22H23F3N4O2/c1-4-31-21-27-20(15-5-7-16(8-6-15)22(23,24)25)29(28-21)18-11-9-17(10-12-18)26-19(30)13-14(2)3/h5-12,14H,4,13H2,1-3H3,(H,26,30). The maximum Gasteiger partial charge on any atom is 0.416 e. The number of nitrogens with zero attached hydrogens (tertiary/aromatic N) is 3. The van der Waals surface area contributed by atoms with Gasteiger partial charge in [-0.1, -0.05) is 26.0 Å². The molecule has 1 heterocycles. The maximum absolute atomic E-state index is 12.9. The van der Waals surface area contributed by atoms with Crippen molar-refractivity contribution in [2.24, 2.45) is 5.92 Å². The van der Waals surface area contributed by atoms with Gasteiger partial charge < -0.3 is 10.1 Å². The van der Waals surface area contributed by atoms with Crippen molar-refractivity contribution in [3.63, 3.8) is 0 Å².